The third kappa shape index (κ3) is 3.90. The van der Waals surface area contributed by atoms with Gasteiger partial charge in [0.05, 0.1) is 13.2 Å². The number of nitrogens with one attached hydrogen (secondary N) is 2. The average molecular weight is 488 g/mol. The molecule has 5 rings (SSSR count). The van der Waals surface area contributed by atoms with Gasteiger partial charge in [-0.25, -0.2) is 0 Å². The van der Waals surface area contributed by atoms with Gasteiger partial charge in [0.2, 0.25) is 5.91 Å². The SMILES string of the molecule is COc1ccc2c(c1)[C@@H]1NC(=S)N(c3cccc(C)c3)[C@](C)(O2)[C@@H]1C(=O)Nc1ccc(C)cc1C. The second kappa shape index (κ2) is 8.57. The number of anilines is 2. The van der Waals surface area contributed by atoms with Crippen LogP contribution in [0.3, 0.4) is 0 Å². The number of rotatable bonds is 4. The van der Waals surface area contributed by atoms with Crippen molar-refractivity contribution in [3.63, 3.8) is 0 Å². The molecule has 2 heterocycles. The molecule has 7 heteroatoms. The lowest BCUT2D eigenvalue weighted by Gasteiger charge is -2.56. The average Bonchev–Trinajstić information content (AvgIpc) is 2.80. The Kier molecular flexibility index (Phi) is 5.68. The van der Waals surface area contributed by atoms with Crippen molar-refractivity contribution in [2.45, 2.75) is 39.5 Å². The minimum Gasteiger partial charge on any atom is -0.497 e. The highest BCUT2D eigenvalue weighted by molar-refractivity contribution is 7.80. The number of ether oxygens (including phenoxy) is 2. The van der Waals surface area contributed by atoms with E-state index in [2.05, 4.69) is 16.7 Å². The number of benzene rings is 3. The molecule has 2 aliphatic heterocycles. The zero-order valence-electron chi connectivity index (χ0n) is 20.5. The van der Waals surface area contributed by atoms with Gasteiger partial charge in [0.25, 0.3) is 0 Å². The maximum absolute atomic E-state index is 14.0. The Morgan fingerprint density at radius 2 is 1.86 bits per heavy atom. The van der Waals surface area contributed by atoms with Gasteiger partial charge in [0, 0.05) is 16.9 Å². The Morgan fingerprint density at radius 3 is 2.57 bits per heavy atom. The molecule has 3 aromatic carbocycles. The van der Waals surface area contributed by atoms with Crippen LogP contribution in [0.15, 0.2) is 60.7 Å². The Balaban J connectivity index is 1.64. The second-order valence-corrected chi connectivity index (χ2v) is 9.83. The Labute approximate surface area is 211 Å². The fraction of sp³-hybridized carbons (Fsp3) is 0.286. The number of amides is 1. The molecule has 35 heavy (non-hydrogen) atoms. The van der Waals surface area contributed by atoms with Crippen LogP contribution in [0.1, 0.15) is 35.2 Å². The van der Waals surface area contributed by atoms with Crippen LogP contribution in [-0.2, 0) is 4.79 Å². The number of methoxy groups -OCH3 is 1. The van der Waals surface area contributed by atoms with Crippen LogP contribution in [0.2, 0.25) is 0 Å². The number of hydrogen-bond donors (Lipinski definition) is 2. The fourth-order valence-electron chi connectivity index (χ4n) is 5.21. The van der Waals surface area contributed by atoms with Crippen molar-refractivity contribution in [1.29, 1.82) is 0 Å². The molecule has 0 saturated carbocycles. The largest absolute Gasteiger partial charge is 0.497 e. The maximum Gasteiger partial charge on any atom is 0.236 e. The zero-order valence-corrected chi connectivity index (χ0v) is 21.3. The van der Waals surface area contributed by atoms with E-state index in [1.807, 2.05) is 87.2 Å². The first-order valence-corrected chi connectivity index (χ1v) is 12.0. The van der Waals surface area contributed by atoms with Crippen LogP contribution in [0.4, 0.5) is 11.4 Å². The summed E-state index contributed by atoms with van der Waals surface area (Å²) in [6.45, 7) is 8.00. The van der Waals surface area contributed by atoms with Gasteiger partial charge in [-0.15, -0.1) is 0 Å². The standard InChI is InChI=1S/C28H29N3O3S/c1-16-7-6-8-19(14-16)31-27(35)30-25-21-15-20(33-5)10-12-23(21)34-28(31,4)24(25)26(32)29-22-11-9-17(2)13-18(22)3/h6-15,24-25H,1-5H3,(H,29,32)(H,30,35)/t24-,25-,28+/m0/s1. The Hall–Kier alpha value is -3.58. The minimum atomic E-state index is -1.06. The van der Waals surface area contributed by atoms with E-state index in [0.29, 0.717) is 16.6 Å². The predicted octanol–water partition coefficient (Wildman–Crippen LogP) is 5.42. The maximum atomic E-state index is 14.0. The van der Waals surface area contributed by atoms with Crippen LogP contribution in [0, 0.1) is 26.7 Å². The highest BCUT2D eigenvalue weighted by Crippen LogP contribution is 2.50. The molecule has 2 N–H and O–H groups in total. The van der Waals surface area contributed by atoms with Gasteiger partial charge in [-0.2, -0.15) is 0 Å². The van der Waals surface area contributed by atoms with Gasteiger partial charge in [-0.3, -0.25) is 9.69 Å². The van der Waals surface area contributed by atoms with Crippen LogP contribution in [0.25, 0.3) is 0 Å². The van der Waals surface area contributed by atoms with Crippen LogP contribution in [-0.4, -0.2) is 23.9 Å². The van der Waals surface area contributed by atoms with E-state index < -0.39 is 17.7 Å². The molecule has 0 aromatic heterocycles. The monoisotopic (exact) mass is 487 g/mol. The van der Waals surface area contributed by atoms with Crippen LogP contribution in [0.5, 0.6) is 11.5 Å². The summed E-state index contributed by atoms with van der Waals surface area (Å²) in [5.74, 6) is 0.625. The molecule has 1 amide bonds. The molecule has 3 atom stereocenters. The zero-order chi connectivity index (χ0) is 24.9. The smallest absolute Gasteiger partial charge is 0.236 e. The quantitative estimate of drug-likeness (QED) is 0.479. The highest BCUT2D eigenvalue weighted by Gasteiger charge is 2.59. The van der Waals surface area contributed by atoms with Crippen molar-refractivity contribution >= 4 is 34.6 Å². The van der Waals surface area contributed by atoms with Crippen molar-refractivity contribution in [3.8, 4) is 11.5 Å². The van der Waals surface area contributed by atoms with E-state index in [1.54, 1.807) is 7.11 Å². The van der Waals surface area contributed by atoms with Gasteiger partial charge < -0.3 is 20.1 Å². The molecule has 180 valence electrons. The first-order valence-electron chi connectivity index (χ1n) is 11.6. The van der Waals surface area contributed by atoms with E-state index in [0.717, 1.165) is 33.6 Å². The summed E-state index contributed by atoms with van der Waals surface area (Å²) in [6.07, 6.45) is 0. The Morgan fingerprint density at radius 1 is 1.09 bits per heavy atom. The van der Waals surface area contributed by atoms with Gasteiger partial charge in [-0.05, 0) is 87.4 Å². The summed E-state index contributed by atoms with van der Waals surface area (Å²) in [5.41, 5.74) is 4.66. The molecule has 0 unspecified atom stereocenters. The first kappa shape index (κ1) is 23.2. The van der Waals surface area contributed by atoms with Crippen LogP contribution < -0.4 is 25.0 Å². The molecule has 6 nitrogen and oxygen atoms in total. The molecule has 1 fully saturated rings. The van der Waals surface area contributed by atoms with Gasteiger partial charge >= 0.3 is 0 Å². The van der Waals surface area contributed by atoms with Crippen LogP contribution >= 0.6 is 12.2 Å². The summed E-state index contributed by atoms with van der Waals surface area (Å²) in [4.78, 5) is 15.9. The van der Waals surface area contributed by atoms with Gasteiger partial charge in [0.1, 0.15) is 17.4 Å². The molecule has 2 bridgehead atoms. The molecule has 0 radical (unpaired) electrons. The lowest BCUT2D eigenvalue weighted by molar-refractivity contribution is -0.130. The van der Waals surface area contributed by atoms with Crippen molar-refractivity contribution in [3.05, 3.63) is 82.9 Å². The fourth-order valence-corrected chi connectivity index (χ4v) is 5.62. The molecule has 0 spiro atoms. The highest BCUT2D eigenvalue weighted by atomic mass is 32.1. The third-order valence-electron chi connectivity index (χ3n) is 6.89. The summed E-state index contributed by atoms with van der Waals surface area (Å²) in [7, 11) is 1.62. The molecular weight excluding hydrogens is 458 g/mol. The van der Waals surface area contributed by atoms with Gasteiger partial charge in [0.15, 0.2) is 10.8 Å². The number of carbonyl (C=O) groups excluding carboxylic acids is 1. The molecule has 0 aliphatic carbocycles. The number of carbonyl (C=O) groups is 1. The van der Waals surface area contributed by atoms with Crippen molar-refractivity contribution < 1.29 is 14.3 Å². The lowest BCUT2D eigenvalue weighted by atomic mass is 9.78. The first-order chi connectivity index (χ1) is 16.7. The number of nitrogens with zero attached hydrogens (tertiary/aromatic N) is 1. The van der Waals surface area contributed by atoms with E-state index in [9.17, 15) is 4.79 Å². The molecule has 2 aliphatic rings. The predicted molar refractivity (Wildman–Crippen MR) is 142 cm³/mol. The Bertz CT molecular complexity index is 1340. The molecule has 3 aromatic rings. The van der Waals surface area contributed by atoms with E-state index in [1.165, 1.54) is 0 Å². The number of thiocarbonyl (C=S) groups is 1. The second-order valence-electron chi connectivity index (χ2n) is 9.45. The summed E-state index contributed by atoms with van der Waals surface area (Å²) in [6, 6.07) is 19.3. The minimum absolute atomic E-state index is 0.148. The normalized spacial score (nSPS) is 22.5. The lowest BCUT2D eigenvalue weighted by Crippen LogP contribution is -2.72. The van der Waals surface area contributed by atoms with Gasteiger partial charge in [-0.1, -0.05) is 29.8 Å². The van der Waals surface area contributed by atoms with E-state index in [4.69, 9.17) is 21.7 Å². The summed E-state index contributed by atoms with van der Waals surface area (Å²) < 4.78 is 12.1. The van der Waals surface area contributed by atoms with Crippen molar-refractivity contribution in [1.82, 2.24) is 5.32 Å². The summed E-state index contributed by atoms with van der Waals surface area (Å²) >= 11 is 5.85. The number of hydrogen-bond acceptors (Lipinski definition) is 4. The van der Waals surface area contributed by atoms with Crippen molar-refractivity contribution in [2.75, 3.05) is 17.3 Å². The third-order valence-corrected chi connectivity index (χ3v) is 7.19. The molecule has 1 saturated heterocycles. The van der Waals surface area contributed by atoms with E-state index in [-0.39, 0.29) is 5.91 Å². The van der Waals surface area contributed by atoms with E-state index >= 15 is 0 Å². The number of aryl methyl sites for hydroxylation is 3. The van der Waals surface area contributed by atoms with Crippen molar-refractivity contribution in [2.24, 2.45) is 5.92 Å². The molecular formula is C28H29N3O3S. The summed E-state index contributed by atoms with van der Waals surface area (Å²) in [5, 5.41) is 7.12. The number of fused-ring (bicyclic) bond motifs is 4. The topological polar surface area (TPSA) is 62.8 Å².